The van der Waals surface area contributed by atoms with Gasteiger partial charge in [-0.05, 0) is 38.4 Å². The van der Waals surface area contributed by atoms with Crippen LogP contribution in [0.3, 0.4) is 0 Å². The zero-order valence-corrected chi connectivity index (χ0v) is 11.3. The van der Waals surface area contributed by atoms with Crippen LogP contribution in [-0.2, 0) is 0 Å². The van der Waals surface area contributed by atoms with Gasteiger partial charge >= 0.3 is 0 Å². The zero-order valence-electron chi connectivity index (χ0n) is 10.5. The summed E-state index contributed by atoms with van der Waals surface area (Å²) in [6, 6.07) is 3.92. The van der Waals surface area contributed by atoms with E-state index in [-0.39, 0.29) is 6.10 Å². The van der Waals surface area contributed by atoms with Gasteiger partial charge < -0.3 is 10.4 Å². The molecule has 5 nitrogen and oxygen atoms in total. The number of anilines is 1. The number of aromatic nitrogens is 2. The van der Waals surface area contributed by atoms with E-state index in [1.54, 1.807) is 6.07 Å². The molecule has 2 rings (SSSR count). The summed E-state index contributed by atoms with van der Waals surface area (Å²) in [7, 11) is 0. The van der Waals surface area contributed by atoms with Crippen LogP contribution < -0.4 is 5.32 Å². The van der Waals surface area contributed by atoms with E-state index in [0.29, 0.717) is 11.2 Å². The molecule has 2 N–H and O–H groups in total. The third kappa shape index (κ3) is 4.08. The Hall–Kier alpha value is -0.910. The number of aliphatic hydroxyl groups is 1. The molecule has 2 heterocycles. The van der Waals surface area contributed by atoms with Gasteiger partial charge in [0.25, 0.3) is 0 Å². The third-order valence-electron chi connectivity index (χ3n) is 3.01. The topological polar surface area (TPSA) is 61.3 Å². The van der Waals surface area contributed by atoms with Crippen LogP contribution in [0.5, 0.6) is 0 Å². The van der Waals surface area contributed by atoms with Crippen molar-refractivity contribution in [2.75, 3.05) is 25.0 Å². The molecule has 0 aromatic carbocycles. The number of likely N-dealkylation sites (tertiary alicyclic amines) is 1. The van der Waals surface area contributed by atoms with Crippen LogP contribution >= 0.6 is 11.6 Å². The number of rotatable bonds is 4. The first-order valence-electron chi connectivity index (χ1n) is 6.29. The molecule has 0 saturated carbocycles. The van der Waals surface area contributed by atoms with Crippen molar-refractivity contribution in [1.82, 2.24) is 15.1 Å². The van der Waals surface area contributed by atoms with Gasteiger partial charge in [-0.2, -0.15) is 0 Å². The minimum absolute atomic E-state index is 0.279. The normalized spacial score (nSPS) is 22.7. The Morgan fingerprint density at radius 1 is 1.56 bits per heavy atom. The maximum atomic E-state index is 9.41. The molecule has 0 spiro atoms. The Morgan fingerprint density at radius 3 is 3.06 bits per heavy atom. The van der Waals surface area contributed by atoms with Gasteiger partial charge in [0.2, 0.25) is 0 Å². The zero-order chi connectivity index (χ0) is 13.0. The minimum Gasteiger partial charge on any atom is -0.392 e. The summed E-state index contributed by atoms with van der Waals surface area (Å²) in [4.78, 5) is 2.27. The van der Waals surface area contributed by atoms with Crippen molar-refractivity contribution < 1.29 is 5.11 Å². The Kier molecular flexibility index (Phi) is 4.74. The van der Waals surface area contributed by atoms with Crippen LogP contribution in [-0.4, -0.2) is 52.0 Å². The van der Waals surface area contributed by atoms with E-state index >= 15 is 0 Å². The number of piperidine rings is 1. The molecule has 1 unspecified atom stereocenters. The summed E-state index contributed by atoms with van der Waals surface area (Å²) in [5.41, 5.74) is 0. The molecule has 1 saturated heterocycles. The molecule has 6 heteroatoms. The summed E-state index contributed by atoms with van der Waals surface area (Å²) < 4.78 is 0. The predicted molar refractivity (Wildman–Crippen MR) is 71.8 cm³/mol. The molecule has 0 bridgehead atoms. The Labute approximate surface area is 112 Å². The van der Waals surface area contributed by atoms with E-state index in [9.17, 15) is 5.11 Å². The Morgan fingerprint density at radius 2 is 2.39 bits per heavy atom. The second-order valence-electron chi connectivity index (χ2n) is 4.83. The molecule has 18 heavy (non-hydrogen) atoms. The molecular weight excluding hydrogens is 252 g/mol. The Bertz CT molecular complexity index is 371. The van der Waals surface area contributed by atoms with E-state index in [0.717, 1.165) is 38.3 Å². The van der Waals surface area contributed by atoms with E-state index in [1.807, 2.05) is 13.0 Å². The first-order chi connectivity index (χ1) is 8.63. The van der Waals surface area contributed by atoms with Crippen molar-refractivity contribution >= 4 is 17.4 Å². The average Bonchev–Trinajstić information content (AvgIpc) is 2.32. The summed E-state index contributed by atoms with van der Waals surface area (Å²) in [6.45, 7) is 4.52. The number of hydrogen-bond donors (Lipinski definition) is 2. The number of hydrogen-bond acceptors (Lipinski definition) is 5. The lowest BCUT2D eigenvalue weighted by molar-refractivity contribution is 0.110. The second kappa shape index (κ2) is 6.31. The van der Waals surface area contributed by atoms with Gasteiger partial charge in [-0.25, -0.2) is 0 Å². The molecule has 1 fully saturated rings. The van der Waals surface area contributed by atoms with Gasteiger partial charge in [0.1, 0.15) is 5.82 Å². The Balaban J connectivity index is 1.87. The van der Waals surface area contributed by atoms with E-state index in [2.05, 4.69) is 20.4 Å². The van der Waals surface area contributed by atoms with Crippen LogP contribution in [0.2, 0.25) is 5.15 Å². The van der Waals surface area contributed by atoms with Gasteiger partial charge in [-0.3, -0.25) is 4.90 Å². The maximum absolute atomic E-state index is 9.41. The monoisotopic (exact) mass is 270 g/mol. The SMILES string of the molecule is CC(O)CN1CCC[C@@H](Nc2ccc(Cl)nn2)C1. The molecule has 1 aliphatic rings. The van der Waals surface area contributed by atoms with E-state index in [1.165, 1.54) is 0 Å². The van der Waals surface area contributed by atoms with Crippen molar-refractivity contribution in [2.24, 2.45) is 0 Å². The summed E-state index contributed by atoms with van der Waals surface area (Å²) in [5, 5.41) is 21.0. The van der Waals surface area contributed by atoms with Crippen LogP contribution in [0.4, 0.5) is 5.82 Å². The lowest BCUT2D eigenvalue weighted by Crippen LogP contribution is -2.44. The number of β-amino-alcohol motifs (C(OH)–C–C–N with tert-alkyl or cyclic N) is 1. The quantitative estimate of drug-likeness (QED) is 0.866. The van der Waals surface area contributed by atoms with Crippen molar-refractivity contribution in [3.05, 3.63) is 17.3 Å². The molecule has 1 aromatic heterocycles. The van der Waals surface area contributed by atoms with Crippen LogP contribution in [0.25, 0.3) is 0 Å². The minimum atomic E-state index is -0.279. The third-order valence-corrected chi connectivity index (χ3v) is 3.21. The number of nitrogens with one attached hydrogen (secondary N) is 1. The van der Waals surface area contributed by atoms with Crippen molar-refractivity contribution in [2.45, 2.75) is 31.9 Å². The molecule has 1 aromatic rings. The highest BCUT2D eigenvalue weighted by molar-refractivity contribution is 6.29. The fourth-order valence-corrected chi connectivity index (χ4v) is 2.42. The van der Waals surface area contributed by atoms with Crippen molar-refractivity contribution in [3.63, 3.8) is 0 Å². The standard InChI is InChI=1S/C12H19ClN4O/c1-9(18)7-17-6-2-3-10(8-17)14-12-5-4-11(13)15-16-12/h4-5,9-10,18H,2-3,6-8H2,1H3,(H,14,16)/t9?,10-/m1/s1. The molecule has 100 valence electrons. The second-order valence-corrected chi connectivity index (χ2v) is 5.22. The molecule has 0 amide bonds. The maximum Gasteiger partial charge on any atom is 0.151 e. The van der Waals surface area contributed by atoms with Crippen molar-refractivity contribution in [3.8, 4) is 0 Å². The largest absolute Gasteiger partial charge is 0.392 e. The van der Waals surface area contributed by atoms with Gasteiger partial charge in [-0.1, -0.05) is 11.6 Å². The van der Waals surface area contributed by atoms with Crippen LogP contribution in [0.15, 0.2) is 12.1 Å². The summed E-state index contributed by atoms with van der Waals surface area (Å²) >= 11 is 5.70. The lowest BCUT2D eigenvalue weighted by atomic mass is 10.1. The highest BCUT2D eigenvalue weighted by Gasteiger charge is 2.20. The molecule has 1 aliphatic heterocycles. The van der Waals surface area contributed by atoms with Gasteiger partial charge in [0.15, 0.2) is 5.15 Å². The molecule has 2 atom stereocenters. The first-order valence-corrected chi connectivity index (χ1v) is 6.67. The van der Waals surface area contributed by atoms with E-state index < -0.39 is 0 Å². The number of halogens is 1. The van der Waals surface area contributed by atoms with Gasteiger partial charge in [0, 0.05) is 19.1 Å². The van der Waals surface area contributed by atoms with Crippen molar-refractivity contribution in [1.29, 1.82) is 0 Å². The fraction of sp³-hybridized carbons (Fsp3) is 0.667. The average molecular weight is 271 g/mol. The summed E-state index contributed by atoms with van der Waals surface area (Å²) in [6.07, 6.45) is 1.96. The lowest BCUT2D eigenvalue weighted by Gasteiger charge is -2.33. The summed E-state index contributed by atoms with van der Waals surface area (Å²) in [5.74, 6) is 0.753. The van der Waals surface area contributed by atoms with Crippen LogP contribution in [0.1, 0.15) is 19.8 Å². The predicted octanol–water partition coefficient (Wildman–Crippen LogP) is 1.39. The first kappa shape index (κ1) is 13.5. The number of aliphatic hydroxyl groups excluding tert-OH is 1. The molecule has 0 aliphatic carbocycles. The van der Waals surface area contributed by atoms with Gasteiger partial charge in [0.05, 0.1) is 6.10 Å². The highest BCUT2D eigenvalue weighted by atomic mass is 35.5. The van der Waals surface area contributed by atoms with Crippen LogP contribution in [0, 0.1) is 0 Å². The smallest absolute Gasteiger partial charge is 0.151 e. The highest BCUT2D eigenvalue weighted by Crippen LogP contribution is 2.15. The van der Waals surface area contributed by atoms with Gasteiger partial charge in [-0.15, -0.1) is 10.2 Å². The fourth-order valence-electron chi connectivity index (χ4n) is 2.31. The molecule has 0 radical (unpaired) electrons. The van der Waals surface area contributed by atoms with E-state index in [4.69, 9.17) is 11.6 Å². The number of nitrogens with zero attached hydrogens (tertiary/aromatic N) is 3. The molecular formula is C12H19ClN4O.